The molecule has 1 saturated heterocycles. The van der Waals surface area contributed by atoms with Crippen LogP contribution in [0.2, 0.25) is 0 Å². The van der Waals surface area contributed by atoms with E-state index in [9.17, 15) is 5.11 Å². The van der Waals surface area contributed by atoms with Crippen molar-refractivity contribution < 1.29 is 5.11 Å². The second-order valence-electron chi connectivity index (χ2n) is 7.67. The summed E-state index contributed by atoms with van der Waals surface area (Å²) in [5.41, 5.74) is 4.36. The molecule has 4 nitrogen and oxygen atoms in total. The van der Waals surface area contributed by atoms with Gasteiger partial charge in [0.15, 0.2) is 0 Å². The minimum atomic E-state index is -1.52. The molecule has 1 aromatic carbocycles. The molecule has 1 aromatic heterocycles. The van der Waals surface area contributed by atoms with Crippen molar-refractivity contribution in [1.29, 1.82) is 0 Å². The number of aromatic hydroxyl groups is 1. The number of benzene rings is 1. The Morgan fingerprint density at radius 1 is 1.23 bits per heavy atom. The molecule has 2 N–H and O–H groups in total. The van der Waals surface area contributed by atoms with Crippen LogP contribution in [0.15, 0.2) is 24.3 Å². The zero-order valence-corrected chi connectivity index (χ0v) is 17.7. The average Bonchev–Trinajstić information content (AvgIpc) is 2.90. The Balaban J connectivity index is 1.90. The zero-order chi connectivity index (χ0) is 18.9. The molecule has 1 fully saturated rings. The number of phenols is 1. The molecule has 0 aliphatic carbocycles. The third kappa shape index (κ3) is 4.27. The first-order valence-electron chi connectivity index (χ1n) is 9.20. The first-order chi connectivity index (χ1) is 12.3. The number of aryl methyl sites for hydroxylation is 3. The number of hydrogen-bond acceptors (Lipinski definition) is 5. The normalized spacial score (nSPS) is 23.8. The van der Waals surface area contributed by atoms with Crippen LogP contribution in [-0.4, -0.2) is 33.9 Å². The molecule has 0 radical (unpaired) electrons. The number of nitrogens with one attached hydrogen (secondary N) is 1. The van der Waals surface area contributed by atoms with Gasteiger partial charge in [-0.05, 0) is 74.7 Å². The zero-order valence-electron chi connectivity index (χ0n) is 16.0. The number of aromatic nitrogens is 2. The summed E-state index contributed by atoms with van der Waals surface area (Å²) in [7, 11) is 0. The molecule has 140 valence electrons. The maximum atomic E-state index is 9.91. The molecule has 2 unspecified atom stereocenters. The van der Waals surface area contributed by atoms with Gasteiger partial charge in [-0.1, -0.05) is 30.9 Å². The van der Waals surface area contributed by atoms with Gasteiger partial charge in [-0.25, -0.2) is 9.97 Å². The van der Waals surface area contributed by atoms with E-state index >= 15 is 0 Å². The van der Waals surface area contributed by atoms with Crippen molar-refractivity contribution >= 4 is 23.8 Å². The Morgan fingerprint density at radius 3 is 2.50 bits per heavy atom. The fourth-order valence-corrected chi connectivity index (χ4v) is 9.53. The SMILES string of the molecule is Cc1cc(C)nc(NCC(c2ccc(O)c(C)c2)P2(=S)CC[C@@H](C)C2)n1. The third-order valence-electron chi connectivity index (χ3n) is 5.23. The van der Waals surface area contributed by atoms with Gasteiger partial charge in [0, 0.05) is 23.6 Å². The van der Waals surface area contributed by atoms with Crippen molar-refractivity contribution in [3.63, 3.8) is 0 Å². The van der Waals surface area contributed by atoms with Gasteiger partial charge in [-0.15, -0.1) is 0 Å². The topological polar surface area (TPSA) is 58.0 Å². The summed E-state index contributed by atoms with van der Waals surface area (Å²) < 4.78 is 0. The van der Waals surface area contributed by atoms with E-state index in [0.717, 1.165) is 35.8 Å². The van der Waals surface area contributed by atoms with Gasteiger partial charge in [0.1, 0.15) is 5.75 Å². The maximum absolute atomic E-state index is 9.91. The quantitative estimate of drug-likeness (QED) is 0.721. The molecule has 2 heterocycles. The molecular weight excluding hydrogens is 361 g/mol. The number of rotatable bonds is 5. The van der Waals surface area contributed by atoms with Crippen molar-refractivity contribution in [3.05, 3.63) is 46.8 Å². The van der Waals surface area contributed by atoms with Crippen molar-refractivity contribution in [2.24, 2.45) is 5.92 Å². The molecule has 0 spiro atoms. The van der Waals surface area contributed by atoms with E-state index in [2.05, 4.69) is 28.3 Å². The van der Waals surface area contributed by atoms with Gasteiger partial charge in [-0.3, -0.25) is 0 Å². The van der Waals surface area contributed by atoms with Crippen LogP contribution in [0.1, 0.15) is 41.5 Å². The van der Waals surface area contributed by atoms with Gasteiger partial charge >= 0.3 is 0 Å². The molecule has 0 saturated carbocycles. The van der Waals surface area contributed by atoms with E-state index in [-0.39, 0.29) is 5.66 Å². The largest absolute Gasteiger partial charge is 0.508 e. The predicted octanol–water partition coefficient (Wildman–Crippen LogP) is 4.78. The number of hydrogen-bond donors (Lipinski definition) is 2. The van der Waals surface area contributed by atoms with Crippen molar-refractivity contribution in [2.45, 2.75) is 39.8 Å². The first-order valence-corrected chi connectivity index (χ1v) is 12.4. The highest BCUT2D eigenvalue weighted by Crippen LogP contribution is 2.65. The Morgan fingerprint density at radius 2 is 1.92 bits per heavy atom. The summed E-state index contributed by atoms with van der Waals surface area (Å²) in [6.07, 6.45) is 3.54. The van der Waals surface area contributed by atoms with E-state index in [0.29, 0.717) is 17.6 Å². The van der Waals surface area contributed by atoms with Crippen LogP contribution in [0.5, 0.6) is 5.75 Å². The minimum Gasteiger partial charge on any atom is -0.508 e. The monoisotopic (exact) mass is 389 g/mol. The molecule has 1 aliphatic heterocycles. The van der Waals surface area contributed by atoms with E-state index < -0.39 is 6.04 Å². The van der Waals surface area contributed by atoms with Crippen molar-refractivity contribution in [2.75, 3.05) is 24.2 Å². The fraction of sp³-hybridized carbons (Fsp3) is 0.500. The van der Waals surface area contributed by atoms with Crippen LogP contribution in [0.4, 0.5) is 5.95 Å². The third-order valence-corrected chi connectivity index (χ3v) is 10.9. The molecule has 3 rings (SSSR count). The maximum Gasteiger partial charge on any atom is 0.223 e. The minimum absolute atomic E-state index is 0.283. The summed E-state index contributed by atoms with van der Waals surface area (Å²) in [5.74, 6) is 1.73. The molecule has 3 atom stereocenters. The molecule has 1 aliphatic rings. The van der Waals surface area contributed by atoms with Gasteiger partial charge in [0.25, 0.3) is 0 Å². The Kier molecular flexibility index (Phi) is 5.69. The van der Waals surface area contributed by atoms with Gasteiger partial charge < -0.3 is 10.4 Å². The highest BCUT2D eigenvalue weighted by molar-refractivity contribution is 8.14. The van der Waals surface area contributed by atoms with E-state index in [4.69, 9.17) is 11.8 Å². The lowest BCUT2D eigenvalue weighted by Crippen LogP contribution is -2.16. The molecule has 2 aromatic rings. The van der Waals surface area contributed by atoms with Crippen LogP contribution >= 0.6 is 6.04 Å². The lowest BCUT2D eigenvalue weighted by Gasteiger charge is -2.29. The van der Waals surface area contributed by atoms with Crippen LogP contribution in [0, 0.1) is 26.7 Å². The molecule has 26 heavy (non-hydrogen) atoms. The van der Waals surface area contributed by atoms with Crippen LogP contribution in [0.3, 0.4) is 0 Å². The number of phenolic OH excluding ortho intramolecular Hbond substituents is 1. The van der Waals surface area contributed by atoms with Gasteiger partial charge in [-0.2, -0.15) is 0 Å². The van der Waals surface area contributed by atoms with E-state index in [1.54, 1.807) is 6.07 Å². The standard InChI is InChI=1S/C20H28N3OPS/c1-13-7-8-25(26,12-13)19(17-5-6-18(24)14(2)9-17)11-21-20-22-15(3)10-16(4)23-20/h5-6,9-10,13,19,24H,7-8,11-12H2,1-4H3,(H,21,22,23)/t13-,19?,25?/m1/s1. The van der Waals surface area contributed by atoms with Crippen LogP contribution < -0.4 is 5.32 Å². The first kappa shape index (κ1) is 19.3. The Hall–Kier alpha value is -1.45. The molecule has 6 heteroatoms. The fourth-order valence-electron chi connectivity index (χ4n) is 3.87. The number of nitrogens with zero attached hydrogens (tertiary/aromatic N) is 2. The summed E-state index contributed by atoms with van der Waals surface area (Å²) in [5, 5.41) is 13.4. The summed E-state index contributed by atoms with van der Waals surface area (Å²) in [4.78, 5) is 9.02. The second kappa shape index (κ2) is 7.66. The van der Waals surface area contributed by atoms with Gasteiger partial charge in [0.2, 0.25) is 5.95 Å². The van der Waals surface area contributed by atoms with E-state index in [1.807, 2.05) is 32.9 Å². The summed E-state index contributed by atoms with van der Waals surface area (Å²) >= 11 is 6.26. The summed E-state index contributed by atoms with van der Waals surface area (Å²) in [6.45, 7) is 8.98. The van der Waals surface area contributed by atoms with Crippen molar-refractivity contribution in [1.82, 2.24) is 9.97 Å². The second-order valence-corrected chi connectivity index (χ2v) is 13.2. The van der Waals surface area contributed by atoms with Crippen LogP contribution in [-0.2, 0) is 11.8 Å². The molecule has 0 amide bonds. The Labute approximate surface area is 161 Å². The molecular formula is C20H28N3OPS. The lowest BCUT2D eigenvalue weighted by molar-refractivity contribution is 0.471. The molecule has 0 bridgehead atoms. The Bertz CT molecular complexity index is 835. The number of anilines is 1. The van der Waals surface area contributed by atoms with Crippen molar-refractivity contribution in [3.8, 4) is 5.75 Å². The van der Waals surface area contributed by atoms with E-state index in [1.165, 1.54) is 12.0 Å². The highest BCUT2D eigenvalue weighted by atomic mass is 32.4. The highest BCUT2D eigenvalue weighted by Gasteiger charge is 2.36. The predicted molar refractivity (Wildman–Crippen MR) is 113 cm³/mol. The summed E-state index contributed by atoms with van der Waals surface area (Å²) in [6, 6.07) is 6.39. The van der Waals surface area contributed by atoms with Gasteiger partial charge in [0.05, 0.1) is 0 Å². The van der Waals surface area contributed by atoms with Crippen LogP contribution in [0.25, 0.3) is 0 Å². The lowest BCUT2D eigenvalue weighted by atomic mass is 10.1. The smallest absolute Gasteiger partial charge is 0.223 e. The average molecular weight is 390 g/mol.